The van der Waals surface area contributed by atoms with Crippen molar-refractivity contribution in [2.24, 2.45) is 0 Å². The minimum Gasteiger partial charge on any atom is -0.497 e. The number of benzene rings is 3. The van der Waals surface area contributed by atoms with Crippen LogP contribution in [0.15, 0.2) is 71.6 Å². The Balaban J connectivity index is 1.48. The molecule has 0 radical (unpaired) electrons. The minimum atomic E-state index is -3.99. The van der Waals surface area contributed by atoms with E-state index in [1.54, 1.807) is 38.5 Å². The van der Waals surface area contributed by atoms with E-state index in [1.165, 1.54) is 4.31 Å². The van der Waals surface area contributed by atoms with Gasteiger partial charge in [-0.25, -0.2) is 8.42 Å². The number of anilines is 1. The van der Waals surface area contributed by atoms with Crippen LogP contribution in [0.25, 0.3) is 0 Å². The molecular weight excluding hydrogens is 681 g/mol. The molecule has 13 heteroatoms. The lowest BCUT2D eigenvalue weighted by Gasteiger charge is -2.44. The third kappa shape index (κ3) is 9.56. The van der Waals surface area contributed by atoms with Crippen molar-refractivity contribution in [3.63, 3.8) is 0 Å². The third-order valence-electron chi connectivity index (χ3n) is 9.44. The van der Waals surface area contributed by atoms with E-state index in [0.717, 1.165) is 53.9 Å². The van der Waals surface area contributed by atoms with Gasteiger partial charge in [-0.1, -0.05) is 42.8 Å². The van der Waals surface area contributed by atoms with Crippen molar-refractivity contribution in [3.8, 4) is 11.5 Å². The van der Waals surface area contributed by atoms with Gasteiger partial charge < -0.3 is 23.8 Å². The molecule has 4 atom stereocenters. The second kappa shape index (κ2) is 16.9. The van der Waals surface area contributed by atoms with Crippen molar-refractivity contribution < 1.29 is 40.0 Å². The molecule has 0 unspecified atom stereocenters. The second-order valence-electron chi connectivity index (χ2n) is 13.1. The summed E-state index contributed by atoms with van der Waals surface area (Å²) in [7, 11) is -4.44. The van der Waals surface area contributed by atoms with Crippen molar-refractivity contribution in [2.45, 2.75) is 75.2 Å². The van der Waals surface area contributed by atoms with E-state index in [9.17, 15) is 16.8 Å². The van der Waals surface area contributed by atoms with Crippen LogP contribution in [0.2, 0.25) is 0 Å². The third-order valence-corrected chi connectivity index (χ3v) is 12.0. The SMILES string of the molecule is CC[C@@H](C[C@H]1C[C@H](c2ccc(OC)cc2)[C@@H](OCc2ccc3c(c2)N(CCCOC)CCO3)CN1S(=O)(=O)c1ccc(C)cc1)OS(C)(=O)=O. The molecule has 5 rings (SSSR count). The molecule has 0 aliphatic carbocycles. The number of ether oxygens (including phenoxy) is 4. The predicted molar refractivity (Wildman–Crippen MR) is 193 cm³/mol. The zero-order valence-electron chi connectivity index (χ0n) is 29.6. The standard InChI is InChI=1S/C37H50N2O9S2/c1-6-31(48-49(5,40)41)23-30-24-34(29-11-13-32(45-4)14-12-29)37(25-39(30)50(42,43)33-15-8-27(2)9-16-33)47-26-28-10-17-36-35(22-28)38(19-21-46-36)18-7-20-44-3/h8-17,22,30-31,34,37H,6-7,18-21,23-26H2,1-5H3/t30-,31-,34+,37-/m0/s1. The highest BCUT2D eigenvalue weighted by molar-refractivity contribution is 7.89. The summed E-state index contributed by atoms with van der Waals surface area (Å²) >= 11 is 0. The van der Waals surface area contributed by atoms with E-state index in [4.69, 9.17) is 23.1 Å². The number of methoxy groups -OCH3 is 2. The molecular formula is C37H50N2O9S2. The number of hydrogen-bond acceptors (Lipinski definition) is 10. The summed E-state index contributed by atoms with van der Waals surface area (Å²) in [4.78, 5) is 2.47. The Bertz CT molecular complexity index is 1770. The van der Waals surface area contributed by atoms with Gasteiger partial charge in [-0.3, -0.25) is 4.18 Å². The minimum absolute atomic E-state index is 0.0735. The Morgan fingerprint density at radius 2 is 1.72 bits per heavy atom. The Morgan fingerprint density at radius 3 is 2.38 bits per heavy atom. The first kappa shape index (κ1) is 38.0. The fourth-order valence-electron chi connectivity index (χ4n) is 6.81. The molecule has 1 fully saturated rings. The summed E-state index contributed by atoms with van der Waals surface area (Å²) in [5, 5.41) is 0. The van der Waals surface area contributed by atoms with Crippen molar-refractivity contribution in [1.29, 1.82) is 0 Å². The lowest BCUT2D eigenvalue weighted by molar-refractivity contribution is -0.0250. The van der Waals surface area contributed by atoms with Crippen molar-refractivity contribution in [1.82, 2.24) is 4.31 Å². The monoisotopic (exact) mass is 730 g/mol. The number of nitrogens with zero attached hydrogens (tertiary/aromatic N) is 2. The molecule has 2 heterocycles. The predicted octanol–water partition coefficient (Wildman–Crippen LogP) is 5.52. The Labute approximate surface area is 297 Å². The van der Waals surface area contributed by atoms with E-state index in [-0.39, 0.29) is 30.4 Å². The number of aryl methyl sites for hydroxylation is 1. The van der Waals surface area contributed by atoms with Crippen LogP contribution in [0.5, 0.6) is 11.5 Å². The molecule has 0 aromatic heterocycles. The molecule has 3 aromatic carbocycles. The molecule has 274 valence electrons. The maximum absolute atomic E-state index is 14.4. The van der Waals surface area contributed by atoms with Gasteiger partial charge in [0.2, 0.25) is 10.0 Å². The Morgan fingerprint density at radius 1 is 0.980 bits per heavy atom. The fraction of sp³-hybridized carbons (Fsp3) is 0.514. The molecule has 11 nitrogen and oxygen atoms in total. The largest absolute Gasteiger partial charge is 0.497 e. The summed E-state index contributed by atoms with van der Waals surface area (Å²) in [6, 6.07) is 20.0. The van der Waals surface area contributed by atoms with Crippen LogP contribution in [0.1, 0.15) is 55.2 Å². The summed E-state index contributed by atoms with van der Waals surface area (Å²) in [5.74, 6) is 1.34. The van der Waals surface area contributed by atoms with Gasteiger partial charge in [0.05, 0.1) is 49.3 Å². The fourth-order valence-corrected chi connectivity index (χ4v) is 9.18. The smallest absolute Gasteiger partial charge is 0.264 e. The Kier molecular flexibility index (Phi) is 12.8. The van der Waals surface area contributed by atoms with Crippen LogP contribution in [0.3, 0.4) is 0 Å². The average Bonchev–Trinajstić information content (AvgIpc) is 3.10. The van der Waals surface area contributed by atoms with E-state index in [0.29, 0.717) is 31.8 Å². The normalized spacial score (nSPS) is 20.6. The molecule has 0 N–H and O–H groups in total. The van der Waals surface area contributed by atoms with E-state index in [2.05, 4.69) is 11.0 Å². The van der Waals surface area contributed by atoms with Crippen LogP contribution in [0, 0.1) is 6.92 Å². The zero-order valence-corrected chi connectivity index (χ0v) is 31.2. The number of rotatable bonds is 16. The summed E-state index contributed by atoms with van der Waals surface area (Å²) in [6.07, 6.45) is 1.72. The van der Waals surface area contributed by atoms with Gasteiger partial charge in [-0.15, -0.1) is 0 Å². The van der Waals surface area contributed by atoms with Gasteiger partial charge in [0.25, 0.3) is 10.1 Å². The molecule has 1 saturated heterocycles. The number of hydrogen-bond donors (Lipinski definition) is 0. The topological polar surface area (TPSA) is 121 Å². The van der Waals surface area contributed by atoms with Gasteiger partial charge in [-0.05, 0) is 80.1 Å². The van der Waals surface area contributed by atoms with Crippen molar-refractivity contribution in [3.05, 3.63) is 83.4 Å². The van der Waals surface area contributed by atoms with Crippen LogP contribution < -0.4 is 14.4 Å². The van der Waals surface area contributed by atoms with Crippen molar-refractivity contribution in [2.75, 3.05) is 58.2 Å². The summed E-state index contributed by atoms with van der Waals surface area (Å²) < 4.78 is 83.4. The maximum atomic E-state index is 14.4. The lowest BCUT2D eigenvalue weighted by atomic mass is 9.82. The van der Waals surface area contributed by atoms with E-state index >= 15 is 0 Å². The number of sulfonamides is 1. The highest BCUT2D eigenvalue weighted by Crippen LogP contribution is 2.40. The molecule has 0 bridgehead atoms. The van der Waals surface area contributed by atoms with Crippen LogP contribution in [-0.4, -0.2) is 92.7 Å². The molecule has 0 amide bonds. The quantitative estimate of drug-likeness (QED) is 0.138. The second-order valence-corrected chi connectivity index (χ2v) is 16.5. The van der Waals surface area contributed by atoms with E-state index < -0.39 is 38.4 Å². The molecule has 50 heavy (non-hydrogen) atoms. The van der Waals surface area contributed by atoms with Crippen LogP contribution in [-0.2, 0) is 40.4 Å². The maximum Gasteiger partial charge on any atom is 0.264 e. The highest BCUT2D eigenvalue weighted by atomic mass is 32.2. The number of piperidine rings is 1. The first-order valence-electron chi connectivity index (χ1n) is 17.1. The Hall–Kier alpha value is -3.20. The van der Waals surface area contributed by atoms with Gasteiger partial charge >= 0.3 is 0 Å². The first-order valence-corrected chi connectivity index (χ1v) is 20.4. The van der Waals surface area contributed by atoms with E-state index in [1.807, 2.05) is 50.2 Å². The van der Waals surface area contributed by atoms with Gasteiger partial charge in [0, 0.05) is 38.8 Å². The van der Waals surface area contributed by atoms with Gasteiger partial charge in [0.15, 0.2) is 0 Å². The molecule has 2 aliphatic rings. The van der Waals surface area contributed by atoms with Gasteiger partial charge in [-0.2, -0.15) is 12.7 Å². The van der Waals surface area contributed by atoms with Gasteiger partial charge in [0.1, 0.15) is 18.1 Å². The first-order chi connectivity index (χ1) is 23.9. The number of fused-ring (bicyclic) bond motifs is 1. The van der Waals surface area contributed by atoms with Crippen molar-refractivity contribution >= 4 is 25.8 Å². The highest BCUT2D eigenvalue weighted by Gasteiger charge is 2.44. The lowest BCUT2D eigenvalue weighted by Crippen LogP contribution is -2.53. The molecule has 0 saturated carbocycles. The van der Waals surface area contributed by atoms with Crippen LogP contribution in [0.4, 0.5) is 5.69 Å². The average molecular weight is 731 g/mol. The summed E-state index contributed by atoms with van der Waals surface area (Å²) in [6.45, 7) is 6.98. The van der Waals surface area contributed by atoms with Crippen LogP contribution >= 0.6 is 0 Å². The summed E-state index contributed by atoms with van der Waals surface area (Å²) in [5.41, 5.74) is 3.87. The molecule has 2 aliphatic heterocycles. The molecule has 3 aromatic rings. The zero-order chi connectivity index (χ0) is 35.9. The molecule has 0 spiro atoms.